The summed E-state index contributed by atoms with van der Waals surface area (Å²) in [5.41, 5.74) is 4.63. The van der Waals surface area contributed by atoms with E-state index in [0.717, 1.165) is 22.4 Å². The highest BCUT2D eigenvalue weighted by Crippen LogP contribution is 2.26. The van der Waals surface area contributed by atoms with E-state index in [-0.39, 0.29) is 18.1 Å². The molecule has 0 aliphatic rings. The molecule has 0 radical (unpaired) electrons. The molecule has 0 unspecified atom stereocenters. The van der Waals surface area contributed by atoms with Gasteiger partial charge in [-0.1, -0.05) is 72.8 Å². The van der Waals surface area contributed by atoms with Crippen molar-refractivity contribution in [1.29, 1.82) is 0 Å². The number of hydrogen-bond donors (Lipinski definition) is 2. The minimum Gasteiger partial charge on any atom is -0.508 e. The van der Waals surface area contributed by atoms with Gasteiger partial charge in [0.2, 0.25) is 5.91 Å². The Labute approximate surface area is 175 Å². The number of aryl methyl sites for hydroxylation is 1. The number of phenols is 1. The first-order valence-electron chi connectivity index (χ1n) is 9.84. The van der Waals surface area contributed by atoms with Crippen LogP contribution in [0.5, 0.6) is 5.75 Å². The largest absolute Gasteiger partial charge is 0.508 e. The Bertz CT molecular complexity index is 1170. The molecule has 4 rings (SSSR count). The Balaban J connectivity index is 1.63. The monoisotopic (exact) mass is 397 g/mol. The van der Waals surface area contributed by atoms with Crippen molar-refractivity contribution in [2.75, 3.05) is 5.32 Å². The number of phenolic OH excluding ortho intramolecular Hbond substituents is 1. The summed E-state index contributed by atoms with van der Waals surface area (Å²) < 4.78 is 1.81. The Morgan fingerprint density at radius 1 is 0.967 bits per heavy atom. The van der Waals surface area contributed by atoms with Crippen LogP contribution >= 0.6 is 0 Å². The average molecular weight is 397 g/mol. The maximum atomic E-state index is 12.7. The standard InChI is InChI=1S/C25H23N3O2/c1-18-9-5-7-13-21(18)22-16-24(28(27-22)17-19-10-3-2-4-11-19)26-25(30)15-20-12-6-8-14-23(20)29/h2-14,16,29H,15,17H2,1H3,(H,26,30). The summed E-state index contributed by atoms with van der Waals surface area (Å²) in [5.74, 6) is 0.533. The van der Waals surface area contributed by atoms with Gasteiger partial charge in [-0.15, -0.1) is 0 Å². The number of carbonyl (C=O) groups excluding carboxylic acids is 1. The summed E-state index contributed by atoms with van der Waals surface area (Å²) >= 11 is 0. The Hall–Kier alpha value is -3.86. The first kappa shape index (κ1) is 19.5. The van der Waals surface area contributed by atoms with Crippen LogP contribution in [0.4, 0.5) is 5.82 Å². The summed E-state index contributed by atoms with van der Waals surface area (Å²) in [7, 11) is 0. The number of para-hydroxylation sites is 1. The van der Waals surface area contributed by atoms with E-state index < -0.39 is 0 Å². The van der Waals surface area contributed by atoms with Gasteiger partial charge in [0.25, 0.3) is 0 Å². The summed E-state index contributed by atoms with van der Waals surface area (Å²) in [6, 6.07) is 26.8. The average Bonchev–Trinajstić information content (AvgIpc) is 3.12. The van der Waals surface area contributed by atoms with Gasteiger partial charge in [-0.2, -0.15) is 5.10 Å². The Kier molecular flexibility index (Phi) is 5.61. The molecule has 0 atom stereocenters. The van der Waals surface area contributed by atoms with Gasteiger partial charge in [-0.25, -0.2) is 4.68 Å². The molecular formula is C25H23N3O2. The van der Waals surface area contributed by atoms with Gasteiger partial charge in [-0.3, -0.25) is 4.79 Å². The first-order valence-corrected chi connectivity index (χ1v) is 9.84. The zero-order valence-electron chi connectivity index (χ0n) is 16.7. The second kappa shape index (κ2) is 8.66. The molecule has 0 bridgehead atoms. The van der Waals surface area contributed by atoms with Crippen molar-refractivity contribution >= 4 is 11.7 Å². The maximum Gasteiger partial charge on any atom is 0.230 e. The van der Waals surface area contributed by atoms with E-state index in [0.29, 0.717) is 17.9 Å². The zero-order chi connectivity index (χ0) is 20.9. The predicted molar refractivity (Wildman–Crippen MR) is 118 cm³/mol. The van der Waals surface area contributed by atoms with Crippen LogP contribution in [0.15, 0.2) is 84.9 Å². The Morgan fingerprint density at radius 3 is 2.43 bits per heavy atom. The third-order valence-electron chi connectivity index (χ3n) is 4.99. The fourth-order valence-corrected chi connectivity index (χ4v) is 3.41. The van der Waals surface area contributed by atoms with Gasteiger partial charge >= 0.3 is 0 Å². The number of nitrogens with zero attached hydrogens (tertiary/aromatic N) is 2. The lowest BCUT2D eigenvalue weighted by Crippen LogP contribution is -2.18. The van der Waals surface area contributed by atoms with Crippen molar-refractivity contribution in [3.05, 3.63) is 102 Å². The first-order chi connectivity index (χ1) is 14.6. The molecule has 0 aliphatic heterocycles. The number of aromatic hydroxyl groups is 1. The predicted octanol–water partition coefficient (Wildman–Crippen LogP) is 4.79. The molecule has 30 heavy (non-hydrogen) atoms. The summed E-state index contributed by atoms with van der Waals surface area (Å²) in [6.45, 7) is 2.58. The minimum atomic E-state index is -0.206. The van der Waals surface area contributed by atoms with Crippen LogP contribution in [0.2, 0.25) is 0 Å². The van der Waals surface area contributed by atoms with E-state index in [1.165, 1.54) is 0 Å². The van der Waals surface area contributed by atoms with Crippen molar-refractivity contribution in [2.24, 2.45) is 0 Å². The van der Waals surface area contributed by atoms with Gasteiger partial charge in [0.15, 0.2) is 0 Å². The topological polar surface area (TPSA) is 67.2 Å². The van der Waals surface area contributed by atoms with Crippen LogP contribution < -0.4 is 5.32 Å². The minimum absolute atomic E-state index is 0.0862. The molecule has 5 heteroatoms. The van der Waals surface area contributed by atoms with E-state index in [9.17, 15) is 9.90 Å². The molecule has 1 heterocycles. The van der Waals surface area contributed by atoms with Crippen LogP contribution in [0.3, 0.4) is 0 Å². The number of anilines is 1. The molecule has 5 nitrogen and oxygen atoms in total. The lowest BCUT2D eigenvalue weighted by Gasteiger charge is -2.09. The van der Waals surface area contributed by atoms with Crippen molar-refractivity contribution in [3.63, 3.8) is 0 Å². The van der Waals surface area contributed by atoms with Crippen LogP contribution in [0.25, 0.3) is 11.3 Å². The Morgan fingerprint density at radius 2 is 1.67 bits per heavy atom. The summed E-state index contributed by atoms with van der Waals surface area (Å²) in [5, 5.41) is 17.7. The number of nitrogens with one attached hydrogen (secondary N) is 1. The third-order valence-corrected chi connectivity index (χ3v) is 4.99. The van der Waals surface area contributed by atoms with E-state index in [4.69, 9.17) is 5.10 Å². The SMILES string of the molecule is Cc1ccccc1-c1cc(NC(=O)Cc2ccccc2O)n(Cc2ccccc2)n1. The van der Waals surface area contributed by atoms with Crippen LogP contribution in [0.1, 0.15) is 16.7 Å². The summed E-state index contributed by atoms with van der Waals surface area (Å²) in [4.78, 5) is 12.7. The zero-order valence-corrected chi connectivity index (χ0v) is 16.7. The van der Waals surface area contributed by atoms with Gasteiger partial charge in [0.05, 0.1) is 18.7 Å². The van der Waals surface area contributed by atoms with Crippen LogP contribution in [-0.4, -0.2) is 20.8 Å². The molecule has 150 valence electrons. The molecular weight excluding hydrogens is 374 g/mol. The molecule has 2 N–H and O–H groups in total. The van der Waals surface area contributed by atoms with E-state index in [1.54, 1.807) is 28.9 Å². The van der Waals surface area contributed by atoms with Gasteiger partial charge in [-0.05, 0) is 24.1 Å². The molecule has 0 spiro atoms. The van der Waals surface area contributed by atoms with E-state index >= 15 is 0 Å². The molecule has 3 aromatic carbocycles. The summed E-state index contributed by atoms with van der Waals surface area (Å²) in [6.07, 6.45) is 0.0862. The number of hydrogen-bond acceptors (Lipinski definition) is 3. The van der Waals surface area contributed by atoms with Crippen molar-refractivity contribution in [1.82, 2.24) is 9.78 Å². The highest BCUT2D eigenvalue weighted by atomic mass is 16.3. The van der Waals surface area contributed by atoms with E-state index in [1.807, 2.05) is 67.6 Å². The fraction of sp³-hybridized carbons (Fsp3) is 0.120. The number of benzene rings is 3. The van der Waals surface area contributed by atoms with Crippen LogP contribution in [0, 0.1) is 6.92 Å². The number of amides is 1. The number of aromatic nitrogens is 2. The smallest absolute Gasteiger partial charge is 0.230 e. The van der Waals surface area contributed by atoms with Gasteiger partial charge < -0.3 is 10.4 Å². The van der Waals surface area contributed by atoms with Crippen LogP contribution in [-0.2, 0) is 17.8 Å². The molecule has 0 fully saturated rings. The third kappa shape index (κ3) is 4.41. The molecule has 0 saturated heterocycles. The maximum absolute atomic E-state index is 12.7. The lowest BCUT2D eigenvalue weighted by molar-refractivity contribution is -0.115. The fourth-order valence-electron chi connectivity index (χ4n) is 3.41. The quantitative estimate of drug-likeness (QED) is 0.491. The molecule has 4 aromatic rings. The van der Waals surface area contributed by atoms with Gasteiger partial charge in [0, 0.05) is 17.2 Å². The van der Waals surface area contributed by atoms with Gasteiger partial charge in [0.1, 0.15) is 11.6 Å². The lowest BCUT2D eigenvalue weighted by atomic mass is 10.1. The number of carbonyl (C=O) groups is 1. The molecule has 1 amide bonds. The number of rotatable bonds is 6. The molecule has 0 saturated carbocycles. The van der Waals surface area contributed by atoms with Crippen molar-refractivity contribution in [3.8, 4) is 17.0 Å². The second-order valence-corrected chi connectivity index (χ2v) is 7.23. The molecule has 1 aromatic heterocycles. The second-order valence-electron chi connectivity index (χ2n) is 7.23. The molecule has 0 aliphatic carbocycles. The highest BCUT2D eigenvalue weighted by Gasteiger charge is 2.15. The van der Waals surface area contributed by atoms with Crippen molar-refractivity contribution < 1.29 is 9.90 Å². The van der Waals surface area contributed by atoms with Crippen molar-refractivity contribution in [2.45, 2.75) is 19.9 Å². The highest BCUT2D eigenvalue weighted by molar-refractivity contribution is 5.92. The van der Waals surface area contributed by atoms with E-state index in [2.05, 4.69) is 5.32 Å². The normalized spacial score (nSPS) is 10.7.